The number of benzene rings is 1. The first-order valence-corrected chi connectivity index (χ1v) is 14.5. The average molecular weight is 599 g/mol. The zero-order valence-corrected chi connectivity index (χ0v) is 23.5. The van der Waals surface area contributed by atoms with E-state index in [4.69, 9.17) is 11.6 Å². The number of aromatic nitrogens is 3. The molecule has 42 heavy (non-hydrogen) atoms. The van der Waals surface area contributed by atoms with Gasteiger partial charge in [-0.15, -0.1) is 0 Å². The van der Waals surface area contributed by atoms with Crippen LogP contribution in [0.25, 0.3) is 0 Å². The quantitative estimate of drug-likeness (QED) is 0.404. The third kappa shape index (κ3) is 5.30. The molecule has 2 fully saturated rings. The number of amides is 2. The summed E-state index contributed by atoms with van der Waals surface area (Å²) in [4.78, 5) is 42.9. The number of alkyl halides is 2. The molecular formula is C30H30ClF3N6O2. The molecule has 3 aliphatic rings. The number of carbonyl (C=O) groups is 2. The van der Waals surface area contributed by atoms with Crippen LogP contribution in [0.4, 0.5) is 24.7 Å². The van der Waals surface area contributed by atoms with E-state index >= 15 is 0 Å². The van der Waals surface area contributed by atoms with Gasteiger partial charge in [0.2, 0.25) is 5.91 Å². The fourth-order valence-corrected chi connectivity index (χ4v) is 6.83. The predicted octanol–water partition coefficient (Wildman–Crippen LogP) is 5.48. The van der Waals surface area contributed by atoms with Crippen LogP contribution in [0.2, 0.25) is 5.02 Å². The van der Waals surface area contributed by atoms with Crippen molar-refractivity contribution in [3.8, 4) is 0 Å². The van der Waals surface area contributed by atoms with Crippen molar-refractivity contribution < 1.29 is 22.8 Å². The van der Waals surface area contributed by atoms with Gasteiger partial charge in [-0.2, -0.15) is 0 Å². The van der Waals surface area contributed by atoms with Gasteiger partial charge in [0.25, 0.3) is 12.3 Å². The van der Waals surface area contributed by atoms with E-state index in [1.807, 2.05) is 0 Å². The molecule has 1 saturated carbocycles. The lowest BCUT2D eigenvalue weighted by Gasteiger charge is -2.39. The Hall–Kier alpha value is -3.73. The molecule has 12 heteroatoms. The Balaban J connectivity index is 1.12. The van der Waals surface area contributed by atoms with E-state index in [0.717, 1.165) is 30.4 Å². The van der Waals surface area contributed by atoms with Gasteiger partial charge in [0.05, 0.1) is 27.9 Å². The molecule has 6 rings (SSSR count). The van der Waals surface area contributed by atoms with Crippen molar-refractivity contribution >= 4 is 34.9 Å². The van der Waals surface area contributed by atoms with Crippen molar-refractivity contribution in [2.45, 2.75) is 56.4 Å². The van der Waals surface area contributed by atoms with Gasteiger partial charge in [-0.3, -0.25) is 19.6 Å². The van der Waals surface area contributed by atoms with E-state index in [2.05, 4.69) is 25.2 Å². The molecule has 2 aromatic heterocycles. The maximum atomic E-state index is 14.4. The first kappa shape index (κ1) is 28.4. The lowest BCUT2D eigenvalue weighted by molar-refractivity contribution is -0.124. The molecule has 8 nitrogen and oxygen atoms in total. The van der Waals surface area contributed by atoms with E-state index in [0.29, 0.717) is 51.0 Å². The van der Waals surface area contributed by atoms with Crippen LogP contribution in [0.3, 0.4) is 0 Å². The summed E-state index contributed by atoms with van der Waals surface area (Å²) < 4.78 is 41.2. The van der Waals surface area contributed by atoms with Crippen molar-refractivity contribution in [3.05, 3.63) is 76.7 Å². The Labute approximate surface area is 246 Å². The summed E-state index contributed by atoms with van der Waals surface area (Å²) in [5.41, 5.74) is -0.0209. The van der Waals surface area contributed by atoms with Gasteiger partial charge < -0.3 is 15.1 Å². The Kier molecular flexibility index (Phi) is 7.78. The fourth-order valence-electron chi connectivity index (χ4n) is 6.67. The summed E-state index contributed by atoms with van der Waals surface area (Å²) in [5, 5.41) is 2.96. The summed E-state index contributed by atoms with van der Waals surface area (Å²) in [5.74, 6) is -0.0824. The van der Waals surface area contributed by atoms with Crippen LogP contribution in [-0.4, -0.2) is 52.4 Å². The number of carbonyl (C=O) groups excluding carboxylic acids is 2. The van der Waals surface area contributed by atoms with Gasteiger partial charge in [0, 0.05) is 44.3 Å². The fraction of sp³-hybridized carbons (Fsp3) is 0.433. The van der Waals surface area contributed by atoms with Crippen LogP contribution in [0.15, 0.2) is 49.1 Å². The van der Waals surface area contributed by atoms with Crippen LogP contribution >= 0.6 is 11.6 Å². The molecule has 2 amide bonds. The number of pyridine rings is 1. The maximum absolute atomic E-state index is 14.4. The van der Waals surface area contributed by atoms with Crippen LogP contribution in [0, 0.1) is 11.7 Å². The molecule has 2 aliphatic heterocycles. The number of piperidine rings is 1. The number of fused-ring (bicyclic) bond motifs is 2. The molecule has 1 saturated heterocycles. The Bertz CT molecular complexity index is 1480. The summed E-state index contributed by atoms with van der Waals surface area (Å²) in [7, 11) is 0. The SMILES string of the molecule is O=C(N[C@H]1CC[C@H](CN2C(=O)C3(CCN(c4cnccn4)CC3)c3ccc(F)cc32)CC1)c1cc(Cl)cnc1C(F)F. The predicted molar refractivity (Wildman–Crippen MR) is 151 cm³/mol. The second kappa shape index (κ2) is 11.5. The Morgan fingerprint density at radius 1 is 1.07 bits per heavy atom. The minimum Gasteiger partial charge on any atom is -0.355 e. The smallest absolute Gasteiger partial charge is 0.281 e. The minimum atomic E-state index is -2.90. The van der Waals surface area contributed by atoms with Gasteiger partial charge >= 0.3 is 0 Å². The largest absolute Gasteiger partial charge is 0.355 e. The zero-order chi connectivity index (χ0) is 29.4. The molecule has 1 aromatic carbocycles. The first-order valence-electron chi connectivity index (χ1n) is 14.1. The van der Waals surface area contributed by atoms with Crippen molar-refractivity contribution in [3.63, 3.8) is 0 Å². The van der Waals surface area contributed by atoms with Crippen LogP contribution in [0.1, 0.15) is 66.6 Å². The van der Waals surface area contributed by atoms with E-state index in [1.54, 1.807) is 29.6 Å². The highest BCUT2D eigenvalue weighted by molar-refractivity contribution is 6.30. The molecule has 0 atom stereocenters. The van der Waals surface area contributed by atoms with E-state index in [9.17, 15) is 22.8 Å². The molecule has 1 aliphatic carbocycles. The van der Waals surface area contributed by atoms with Crippen LogP contribution in [0.5, 0.6) is 0 Å². The first-order chi connectivity index (χ1) is 20.2. The topological polar surface area (TPSA) is 91.3 Å². The summed E-state index contributed by atoms with van der Waals surface area (Å²) in [6.07, 6.45) is 7.08. The monoisotopic (exact) mass is 598 g/mol. The molecular weight excluding hydrogens is 569 g/mol. The number of nitrogens with zero attached hydrogens (tertiary/aromatic N) is 5. The number of rotatable bonds is 6. The molecule has 0 unspecified atom stereocenters. The second-order valence-electron chi connectivity index (χ2n) is 11.3. The number of halogens is 4. The minimum absolute atomic E-state index is 0.00491. The molecule has 1 N–H and O–H groups in total. The standard InChI is InChI=1S/C30H30ClF3N6O2/c31-19-13-22(26(27(33)34)37-15-19)28(41)38-21-4-1-18(2-5-21)17-40-24-14-20(32)3-6-23(24)30(29(40)42)7-11-39(12-8-30)25-16-35-9-10-36-25/h3,6,9-10,13-16,18,21,27H,1-2,4-5,7-8,11-12,17H2,(H,38,41)/t18-,21-. The molecule has 0 radical (unpaired) electrons. The number of nitrogens with one attached hydrogen (secondary N) is 1. The van der Waals surface area contributed by atoms with E-state index in [1.165, 1.54) is 18.2 Å². The summed E-state index contributed by atoms with van der Waals surface area (Å²) >= 11 is 5.90. The molecule has 4 heterocycles. The van der Waals surface area contributed by atoms with Gasteiger partial charge in [-0.25, -0.2) is 18.2 Å². The van der Waals surface area contributed by atoms with Crippen molar-refractivity contribution in [2.24, 2.45) is 5.92 Å². The highest BCUT2D eigenvalue weighted by Gasteiger charge is 2.52. The van der Waals surface area contributed by atoms with Crippen LogP contribution in [-0.2, 0) is 10.2 Å². The second-order valence-corrected chi connectivity index (χ2v) is 11.7. The normalized spacial score (nSPS) is 21.6. The third-order valence-electron chi connectivity index (χ3n) is 8.87. The lowest BCUT2D eigenvalue weighted by Crippen LogP contribution is -2.50. The summed E-state index contributed by atoms with van der Waals surface area (Å²) in [6, 6.07) is 5.65. The third-order valence-corrected chi connectivity index (χ3v) is 9.08. The number of hydrogen-bond donors (Lipinski definition) is 1. The summed E-state index contributed by atoms with van der Waals surface area (Å²) in [6.45, 7) is 1.73. The van der Waals surface area contributed by atoms with Crippen molar-refractivity contribution in [1.82, 2.24) is 20.3 Å². The van der Waals surface area contributed by atoms with Crippen LogP contribution < -0.4 is 15.1 Å². The van der Waals surface area contributed by atoms with E-state index < -0.39 is 23.4 Å². The van der Waals surface area contributed by atoms with Crippen molar-refractivity contribution in [1.29, 1.82) is 0 Å². The molecule has 220 valence electrons. The van der Waals surface area contributed by atoms with Gasteiger partial charge in [-0.05, 0) is 68.2 Å². The average Bonchev–Trinajstić information content (AvgIpc) is 3.20. The highest BCUT2D eigenvalue weighted by Crippen LogP contribution is 2.49. The van der Waals surface area contributed by atoms with Gasteiger partial charge in [-0.1, -0.05) is 17.7 Å². The molecule has 1 spiro atoms. The Morgan fingerprint density at radius 2 is 1.83 bits per heavy atom. The number of hydrogen-bond acceptors (Lipinski definition) is 6. The lowest BCUT2D eigenvalue weighted by atomic mass is 9.73. The van der Waals surface area contributed by atoms with Crippen molar-refractivity contribution in [2.75, 3.05) is 29.4 Å². The highest BCUT2D eigenvalue weighted by atomic mass is 35.5. The zero-order valence-electron chi connectivity index (χ0n) is 22.8. The Morgan fingerprint density at radius 3 is 2.52 bits per heavy atom. The van der Waals surface area contributed by atoms with Gasteiger partial charge in [0.15, 0.2) is 0 Å². The number of anilines is 2. The van der Waals surface area contributed by atoms with Gasteiger partial charge in [0.1, 0.15) is 17.3 Å². The van der Waals surface area contributed by atoms with E-state index in [-0.39, 0.29) is 34.3 Å². The molecule has 3 aromatic rings. The maximum Gasteiger partial charge on any atom is 0.281 e. The molecule has 0 bridgehead atoms.